The summed E-state index contributed by atoms with van der Waals surface area (Å²) in [6.07, 6.45) is 0.426. The summed E-state index contributed by atoms with van der Waals surface area (Å²) in [7, 11) is 0. The normalized spacial score (nSPS) is 10.0. The molecular formula is C13H11NO4. The van der Waals surface area contributed by atoms with Crippen molar-refractivity contribution in [2.75, 3.05) is 0 Å². The third kappa shape index (κ3) is 2.57. The van der Waals surface area contributed by atoms with Crippen molar-refractivity contribution >= 4 is 6.09 Å². The third-order valence-corrected chi connectivity index (χ3v) is 2.33. The standard InChI is InChI=1S/C13H11NO4/c15-11-7-4-8-14(12(11)16)13(17)18-9-10-5-2-1-3-6-10/h1-8,15H,9H2. The van der Waals surface area contributed by atoms with Crippen LogP contribution >= 0.6 is 0 Å². The summed E-state index contributed by atoms with van der Waals surface area (Å²) < 4.78 is 5.68. The van der Waals surface area contributed by atoms with Gasteiger partial charge in [-0.3, -0.25) is 4.79 Å². The van der Waals surface area contributed by atoms with E-state index >= 15 is 0 Å². The minimum atomic E-state index is -0.820. The number of carbonyl (C=O) groups excluding carboxylic acids is 1. The smallest absolute Gasteiger partial charge is 0.421 e. The lowest BCUT2D eigenvalue weighted by Crippen LogP contribution is -2.26. The molecule has 0 bridgehead atoms. The molecule has 0 spiro atoms. The van der Waals surface area contributed by atoms with Crippen LogP contribution in [0.15, 0.2) is 53.5 Å². The van der Waals surface area contributed by atoms with Gasteiger partial charge in [0.25, 0.3) is 0 Å². The van der Waals surface area contributed by atoms with Gasteiger partial charge in [0.15, 0.2) is 5.75 Å². The Labute approximate surface area is 103 Å². The first-order valence-electron chi connectivity index (χ1n) is 5.30. The summed E-state index contributed by atoms with van der Waals surface area (Å²) in [5, 5.41) is 9.19. The van der Waals surface area contributed by atoms with E-state index in [1.54, 1.807) is 12.1 Å². The molecule has 5 heteroatoms. The number of rotatable bonds is 2. The molecule has 2 aromatic rings. The Balaban J connectivity index is 2.09. The number of aromatic hydroxyl groups is 1. The maximum absolute atomic E-state index is 11.6. The Hall–Kier alpha value is -2.56. The molecule has 0 radical (unpaired) electrons. The van der Waals surface area contributed by atoms with E-state index in [0.29, 0.717) is 0 Å². The fourth-order valence-electron chi connectivity index (χ4n) is 1.42. The number of aromatic nitrogens is 1. The summed E-state index contributed by atoms with van der Waals surface area (Å²) in [6.45, 7) is 0.0712. The summed E-state index contributed by atoms with van der Waals surface area (Å²) in [5.41, 5.74) is 0.0228. The number of benzene rings is 1. The van der Waals surface area contributed by atoms with E-state index in [2.05, 4.69) is 0 Å². The van der Waals surface area contributed by atoms with Gasteiger partial charge in [0.05, 0.1) is 0 Å². The molecule has 0 aliphatic heterocycles. The average molecular weight is 245 g/mol. The topological polar surface area (TPSA) is 68.5 Å². The van der Waals surface area contributed by atoms with Gasteiger partial charge in [-0.05, 0) is 17.7 Å². The van der Waals surface area contributed by atoms with E-state index < -0.39 is 17.4 Å². The van der Waals surface area contributed by atoms with E-state index in [0.717, 1.165) is 10.1 Å². The van der Waals surface area contributed by atoms with Crippen molar-refractivity contribution in [3.05, 3.63) is 64.6 Å². The molecule has 0 fully saturated rings. The van der Waals surface area contributed by atoms with Crippen LogP contribution in [0, 0.1) is 0 Å². The van der Waals surface area contributed by atoms with Gasteiger partial charge in [-0.15, -0.1) is 0 Å². The van der Waals surface area contributed by atoms with Gasteiger partial charge < -0.3 is 9.84 Å². The lowest BCUT2D eigenvalue weighted by atomic mass is 10.2. The molecule has 1 aromatic heterocycles. The van der Waals surface area contributed by atoms with Crippen LogP contribution in [0.4, 0.5) is 4.79 Å². The van der Waals surface area contributed by atoms with E-state index in [-0.39, 0.29) is 6.61 Å². The highest BCUT2D eigenvalue weighted by Crippen LogP contribution is 2.03. The van der Waals surface area contributed by atoms with Crippen LogP contribution in [-0.4, -0.2) is 15.8 Å². The van der Waals surface area contributed by atoms with Gasteiger partial charge in [-0.1, -0.05) is 30.3 Å². The highest BCUT2D eigenvalue weighted by molar-refractivity contribution is 5.70. The molecule has 2 rings (SSSR count). The predicted molar refractivity (Wildman–Crippen MR) is 64.4 cm³/mol. The second-order valence-corrected chi connectivity index (χ2v) is 3.61. The average Bonchev–Trinajstić information content (AvgIpc) is 2.40. The van der Waals surface area contributed by atoms with Crippen LogP contribution < -0.4 is 5.56 Å². The lowest BCUT2D eigenvalue weighted by molar-refractivity contribution is 0.140. The number of nitrogens with zero attached hydrogens (tertiary/aromatic N) is 1. The van der Waals surface area contributed by atoms with Crippen LogP contribution in [0.1, 0.15) is 5.56 Å². The highest BCUT2D eigenvalue weighted by Gasteiger charge is 2.10. The van der Waals surface area contributed by atoms with E-state index in [1.807, 2.05) is 18.2 Å². The molecule has 0 aliphatic carbocycles. The van der Waals surface area contributed by atoms with Crippen molar-refractivity contribution in [3.63, 3.8) is 0 Å². The van der Waals surface area contributed by atoms with Gasteiger partial charge >= 0.3 is 11.7 Å². The molecule has 18 heavy (non-hydrogen) atoms. The largest absolute Gasteiger partial charge is 0.503 e. The van der Waals surface area contributed by atoms with E-state index in [4.69, 9.17) is 4.74 Å². The van der Waals surface area contributed by atoms with Crippen LogP contribution in [0.5, 0.6) is 5.75 Å². The minimum absolute atomic E-state index is 0.0712. The van der Waals surface area contributed by atoms with Crippen LogP contribution in [-0.2, 0) is 11.3 Å². The SMILES string of the molecule is O=C(OCc1ccccc1)n1cccc(O)c1=O. The molecule has 0 saturated carbocycles. The summed E-state index contributed by atoms with van der Waals surface area (Å²) in [5.74, 6) is -0.492. The number of hydrogen-bond donors (Lipinski definition) is 1. The molecular weight excluding hydrogens is 234 g/mol. The number of hydrogen-bond acceptors (Lipinski definition) is 4. The third-order valence-electron chi connectivity index (χ3n) is 2.33. The van der Waals surface area contributed by atoms with Gasteiger partial charge in [0.2, 0.25) is 0 Å². The van der Waals surface area contributed by atoms with E-state index in [1.165, 1.54) is 18.3 Å². The molecule has 92 valence electrons. The second-order valence-electron chi connectivity index (χ2n) is 3.61. The molecule has 5 nitrogen and oxygen atoms in total. The van der Waals surface area contributed by atoms with E-state index in [9.17, 15) is 14.7 Å². The van der Waals surface area contributed by atoms with Crippen molar-refractivity contribution < 1.29 is 14.6 Å². The molecule has 1 N–H and O–H groups in total. The Bertz CT molecular complexity index is 604. The van der Waals surface area contributed by atoms with Gasteiger partial charge in [0.1, 0.15) is 6.61 Å². The van der Waals surface area contributed by atoms with Crippen molar-refractivity contribution in [1.82, 2.24) is 4.57 Å². The Morgan fingerprint density at radius 2 is 1.89 bits per heavy atom. The number of carbonyl (C=O) groups is 1. The highest BCUT2D eigenvalue weighted by atomic mass is 16.5. The van der Waals surface area contributed by atoms with Gasteiger partial charge in [-0.2, -0.15) is 0 Å². The van der Waals surface area contributed by atoms with Crippen LogP contribution in [0.2, 0.25) is 0 Å². The summed E-state index contributed by atoms with van der Waals surface area (Å²) in [6, 6.07) is 11.7. The zero-order chi connectivity index (χ0) is 13.0. The van der Waals surface area contributed by atoms with Crippen molar-refractivity contribution in [2.24, 2.45) is 0 Å². The first-order chi connectivity index (χ1) is 8.68. The maximum atomic E-state index is 11.6. The minimum Gasteiger partial charge on any atom is -0.503 e. The number of ether oxygens (including phenoxy) is 1. The fraction of sp³-hybridized carbons (Fsp3) is 0.0769. The monoisotopic (exact) mass is 245 g/mol. The maximum Gasteiger partial charge on any atom is 0.421 e. The molecule has 0 amide bonds. The van der Waals surface area contributed by atoms with Gasteiger partial charge in [-0.25, -0.2) is 9.36 Å². The van der Waals surface area contributed by atoms with Crippen molar-refractivity contribution in [2.45, 2.75) is 6.61 Å². The summed E-state index contributed by atoms with van der Waals surface area (Å²) in [4.78, 5) is 23.1. The lowest BCUT2D eigenvalue weighted by Gasteiger charge is -2.06. The molecule has 0 atom stereocenters. The van der Waals surface area contributed by atoms with Crippen LogP contribution in [0.25, 0.3) is 0 Å². The quantitative estimate of drug-likeness (QED) is 0.875. The zero-order valence-electron chi connectivity index (χ0n) is 9.45. The number of pyridine rings is 1. The molecule has 0 saturated heterocycles. The Kier molecular flexibility index (Phi) is 3.43. The first-order valence-corrected chi connectivity index (χ1v) is 5.30. The molecule has 0 aliphatic rings. The van der Waals surface area contributed by atoms with Gasteiger partial charge in [0, 0.05) is 6.20 Å². The zero-order valence-corrected chi connectivity index (χ0v) is 9.45. The molecule has 1 aromatic carbocycles. The van der Waals surface area contributed by atoms with Crippen molar-refractivity contribution in [3.8, 4) is 5.75 Å². The predicted octanol–water partition coefficient (Wildman–Crippen LogP) is 1.74. The Morgan fingerprint density at radius 3 is 2.61 bits per heavy atom. The summed E-state index contributed by atoms with van der Waals surface area (Å²) >= 11 is 0. The van der Waals surface area contributed by atoms with Crippen LogP contribution in [0.3, 0.4) is 0 Å². The second kappa shape index (κ2) is 5.18. The Morgan fingerprint density at radius 1 is 1.17 bits per heavy atom. The van der Waals surface area contributed by atoms with Crippen molar-refractivity contribution in [1.29, 1.82) is 0 Å². The fourth-order valence-corrected chi connectivity index (χ4v) is 1.42. The molecule has 1 heterocycles. The molecule has 0 unspecified atom stereocenters. The first kappa shape index (κ1) is 11.9.